The van der Waals surface area contributed by atoms with Crippen LogP contribution < -0.4 is 5.32 Å². The van der Waals surface area contributed by atoms with Gasteiger partial charge in [-0.25, -0.2) is 8.42 Å². The Morgan fingerprint density at radius 2 is 2.04 bits per heavy atom. The molecule has 0 fully saturated rings. The maximum absolute atomic E-state index is 12.6. The van der Waals surface area contributed by atoms with Gasteiger partial charge in [-0.05, 0) is 18.6 Å². The van der Waals surface area contributed by atoms with Gasteiger partial charge in [0.15, 0.2) is 5.82 Å². The zero-order valence-corrected chi connectivity index (χ0v) is 16.1. The molecule has 0 saturated heterocycles. The van der Waals surface area contributed by atoms with E-state index in [-0.39, 0.29) is 22.8 Å². The van der Waals surface area contributed by atoms with E-state index in [1.165, 1.54) is 16.4 Å². The Bertz CT molecular complexity index is 952. The van der Waals surface area contributed by atoms with Crippen LogP contribution in [-0.4, -0.2) is 45.5 Å². The van der Waals surface area contributed by atoms with Crippen molar-refractivity contribution < 1.29 is 13.3 Å². The van der Waals surface area contributed by atoms with E-state index in [2.05, 4.69) is 15.5 Å². The lowest BCUT2D eigenvalue weighted by molar-refractivity contribution is -0.384. The van der Waals surface area contributed by atoms with Gasteiger partial charge in [-0.15, -0.1) is 10.2 Å². The van der Waals surface area contributed by atoms with Crippen molar-refractivity contribution in [3.05, 3.63) is 40.0 Å². The van der Waals surface area contributed by atoms with Crippen LogP contribution in [0.25, 0.3) is 0 Å². The number of rotatable bonds is 8. The van der Waals surface area contributed by atoms with Crippen LogP contribution in [0, 0.1) is 10.1 Å². The zero-order valence-electron chi connectivity index (χ0n) is 15.3. The Labute approximate surface area is 157 Å². The number of fused-ring (bicyclic) bond motifs is 1. The summed E-state index contributed by atoms with van der Waals surface area (Å²) >= 11 is 0. The largest absolute Gasteiger partial charge is 0.372 e. The van der Waals surface area contributed by atoms with E-state index in [9.17, 15) is 18.5 Å². The third kappa shape index (κ3) is 3.65. The van der Waals surface area contributed by atoms with Gasteiger partial charge in [-0.1, -0.05) is 13.8 Å². The molecule has 1 aromatic carbocycles. The number of hydrogen-bond acceptors (Lipinski definition) is 7. The molecule has 2 aromatic rings. The fraction of sp³-hybridized carbons (Fsp3) is 0.500. The Kier molecular flexibility index (Phi) is 5.42. The molecule has 1 N–H and O–H groups in total. The second-order valence-corrected chi connectivity index (χ2v) is 8.10. The molecular weight excluding hydrogens is 372 g/mol. The third-order valence-corrected chi connectivity index (χ3v) is 6.68. The lowest BCUT2D eigenvalue weighted by Gasteiger charge is -2.18. The molecule has 1 aromatic heterocycles. The number of nitrogens with one attached hydrogen (secondary N) is 1. The standard InChI is InChI=1S/C16H22N6O4S/c1-3-20(4-2)27(25,26)12-7-8-13(14(10-12)22(23)24)17-11-16-19-18-15-6-5-9-21(15)16/h7-8,10,17H,3-6,9,11H2,1-2H3. The van der Waals surface area contributed by atoms with Crippen LogP contribution in [0.2, 0.25) is 0 Å². The molecule has 0 spiro atoms. The molecule has 0 radical (unpaired) electrons. The molecule has 0 unspecified atom stereocenters. The minimum Gasteiger partial charge on any atom is -0.372 e. The number of benzene rings is 1. The number of nitro groups is 1. The minimum atomic E-state index is -3.77. The first kappa shape index (κ1) is 19.2. The second-order valence-electron chi connectivity index (χ2n) is 6.17. The monoisotopic (exact) mass is 394 g/mol. The SMILES string of the molecule is CCN(CC)S(=O)(=O)c1ccc(NCc2nnc3n2CCC3)c([N+](=O)[O-])c1. The molecule has 0 saturated carbocycles. The van der Waals surface area contributed by atoms with Crippen molar-refractivity contribution in [1.82, 2.24) is 19.1 Å². The quantitative estimate of drug-likeness (QED) is 0.534. The summed E-state index contributed by atoms with van der Waals surface area (Å²) in [5, 5.41) is 22.7. The fourth-order valence-electron chi connectivity index (χ4n) is 3.20. The van der Waals surface area contributed by atoms with Crippen molar-refractivity contribution in [2.75, 3.05) is 18.4 Å². The van der Waals surface area contributed by atoms with E-state index in [0.717, 1.165) is 31.3 Å². The summed E-state index contributed by atoms with van der Waals surface area (Å²) in [4.78, 5) is 10.8. The van der Waals surface area contributed by atoms with E-state index < -0.39 is 14.9 Å². The first-order valence-electron chi connectivity index (χ1n) is 8.81. The Hall–Kier alpha value is -2.53. The van der Waals surface area contributed by atoms with Crippen LogP contribution in [0.4, 0.5) is 11.4 Å². The van der Waals surface area contributed by atoms with Gasteiger partial charge in [0.2, 0.25) is 10.0 Å². The first-order chi connectivity index (χ1) is 12.9. The van der Waals surface area contributed by atoms with Gasteiger partial charge in [0.1, 0.15) is 11.5 Å². The summed E-state index contributed by atoms with van der Waals surface area (Å²) in [6.07, 6.45) is 1.89. The Morgan fingerprint density at radius 3 is 2.70 bits per heavy atom. The summed E-state index contributed by atoms with van der Waals surface area (Å²) in [6.45, 7) is 5.15. The van der Waals surface area contributed by atoms with Crippen LogP contribution in [0.1, 0.15) is 31.9 Å². The topological polar surface area (TPSA) is 123 Å². The molecule has 2 heterocycles. The average Bonchev–Trinajstić information content (AvgIpc) is 3.24. The van der Waals surface area contributed by atoms with Gasteiger partial charge in [-0.3, -0.25) is 10.1 Å². The average molecular weight is 394 g/mol. The second kappa shape index (κ2) is 7.61. The van der Waals surface area contributed by atoms with Crippen molar-refractivity contribution in [2.24, 2.45) is 0 Å². The van der Waals surface area contributed by atoms with Gasteiger partial charge >= 0.3 is 0 Å². The fourth-order valence-corrected chi connectivity index (χ4v) is 4.68. The summed E-state index contributed by atoms with van der Waals surface area (Å²) < 4.78 is 28.5. The predicted octanol–water partition coefficient (Wildman–Crippen LogP) is 1.78. The van der Waals surface area contributed by atoms with Crippen LogP contribution in [0.15, 0.2) is 23.1 Å². The molecule has 1 aliphatic heterocycles. The third-order valence-electron chi connectivity index (χ3n) is 4.63. The Morgan fingerprint density at radius 1 is 1.30 bits per heavy atom. The van der Waals surface area contributed by atoms with Crippen LogP contribution in [0.5, 0.6) is 0 Å². The van der Waals surface area contributed by atoms with E-state index in [1.54, 1.807) is 13.8 Å². The van der Waals surface area contributed by atoms with Crippen molar-refractivity contribution in [3.63, 3.8) is 0 Å². The van der Waals surface area contributed by atoms with Crippen molar-refractivity contribution in [2.45, 2.75) is 44.7 Å². The number of aromatic nitrogens is 3. The summed E-state index contributed by atoms with van der Waals surface area (Å²) in [6, 6.07) is 3.91. The van der Waals surface area contributed by atoms with E-state index >= 15 is 0 Å². The lowest BCUT2D eigenvalue weighted by Crippen LogP contribution is -2.30. The highest BCUT2D eigenvalue weighted by Gasteiger charge is 2.26. The van der Waals surface area contributed by atoms with E-state index in [1.807, 2.05) is 4.57 Å². The maximum atomic E-state index is 12.6. The number of nitrogens with zero attached hydrogens (tertiary/aromatic N) is 5. The molecule has 11 heteroatoms. The summed E-state index contributed by atoms with van der Waals surface area (Å²) in [7, 11) is -3.77. The van der Waals surface area contributed by atoms with Gasteiger partial charge < -0.3 is 9.88 Å². The number of hydrogen-bond donors (Lipinski definition) is 1. The van der Waals surface area contributed by atoms with Gasteiger partial charge in [0, 0.05) is 32.1 Å². The molecule has 146 valence electrons. The number of nitro benzene ring substituents is 1. The normalized spacial score (nSPS) is 13.7. The van der Waals surface area contributed by atoms with Crippen molar-refractivity contribution in [3.8, 4) is 0 Å². The van der Waals surface area contributed by atoms with Crippen molar-refractivity contribution >= 4 is 21.4 Å². The highest BCUT2D eigenvalue weighted by Crippen LogP contribution is 2.29. The summed E-state index contributed by atoms with van der Waals surface area (Å²) in [5.41, 5.74) is -0.0433. The van der Waals surface area contributed by atoms with Crippen LogP contribution in [0.3, 0.4) is 0 Å². The molecule has 10 nitrogen and oxygen atoms in total. The smallest absolute Gasteiger partial charge is 0.293 e. The molecule has 1 aliphatic rings. The maximum Gasteiger partial charge on any atom is 0.293 e. The Balaban J connectivity index is 1.87. The highest BCUT2D eigenvalue weighted by molar-refractivity contribution is 7.89. The molecule has 27 heavy (non-hydrogen) atoms. The number of aryl methyl sites for hydroxylation is 1. The molecule has 0 atom stereocenters. The van der Waals surface area contributed by atoms with Gasteiger partial charge in [-0.2, -0.15) is 4.31 Å². The van der Waals surface area contributed by atoms with Gasteiger partial charge in [0.05, 0.1) is 16.4 Å². The van der Waals surface area contributed by atoms with Crippen LogP contribution in [-0.2, 0) is 29.5 Å². The molecule has 0 aliphatic carbocycles. The first-order valence-corrected chi connectivity index (χ1v) is 10.3. The van der Waals surface area contributed by atoms with E-state index in [0.29, 0.717) is 18.9 Å². The minimum absolute atomic E-state index is 0.0909. The zero-order chi connectivity index (χ0) is 19.6. The molecule has 3 rings (SSSR count). The predicted molar refractivity (Wildman–Crippen MR) is 98.9 cm³/mol. The lowest BCUT2D eigenvalue weighted by atomic mass is 10.2. The van der Waals surface area contributed by atoms with Gasteiger partial charge in [0.25, 0.3) is 5.69 Å². The van der Waals surface area contributed by atoms with E-state index in [4.69, 9.17) is 0 Å². The molecular formula is C16H22N6O4S. The molecule has 0 amide bonds. The summed E-state index contributed by atoms with van der Waals surface area (Å²) in [5.74, 6) is 1.62. The number of anilines is 1. The highest BCUT2D eigenvalue weighted by atomic mass is 32.2. The van der Waals surface area contributed by atoms with Crippen LogP contribution >= 0.6 is 0 Å². The van der Waals surface area contributed by atoms with Crippen molar-refractivity contribution in [1.29, 1.82) is 0 Å². The number of sulfonamides is 1. The molecule has 0 bridgehead atoms.